The van der Waals surface area contributed by atoms with Gasteiger partial charge in [0.1, 0.15) is 13.2 Å². The fraction of sp³-hybridized carbons (Fsp3) is 0.417. The van der Waals surface area contributed by atoms with Crippen LogP contribution < -0.4 is 9.47 Å². The average molecular weight is 219 g/mol. The lowest BCUT2D eigenvalue weighted by Gasteiger charge is -2.20. The third-order valence-electron chi connectivity index (χ3n) is 2.56. The van der Waals surface area contributed by atoms with Crippen LogP contribution in [-0.2, 0) is 17.8 Å². The summed E-state index contributed by atoms with van der Waals surface area (Å²) in [6.07, 6.45) is 2.43. The number of ether oxygens (including phenoxy) is 2. The Morgan fingerprint density at radius 2 is 1.88 bits per heavy atom. The van der Waals surface area contributed by atoms with Gasteiger partial charge in [0.2, 0.25) is 6.08 Å². The predicted octanol–water partition coefficient (Wildman–Crippen LogP) is 1.86. The van der Waals surface area contributed by atoms with E-state index in [4.69, 9.17) is 9.47 Å². The van der Waals surface area contributed by atoms with E-state index in [9.17, 15) is 4.79 Å². The van der Waals surface area contributed by atoms with E-state index in [1.807, 2.05) is 12.1 Å². The summed E-state index contributed by atoms with van der Waals surface area (Å²) in [6, 6.07) is 3.86. The summed E-state index contributed by atoms with van der Waals surface area (Å²) in [6.45, 7) is 3.56. The van der Waals surface area contributed by atoms with Gasteiger partial charge in [-0.2, -0.15) is 0 Å². The number of hydrogen-bond acceptors (Lipinski definition) is 4. The molecule has 0 unspecified atom stereocenters. The minimum absolute atomic E-state index is 0.351. The largest absolute Gasteiger partial charge is 0.486 e. The molecule has 1 heterocycles. The fourth-order valence-electron chi connectivity index (χ4n) is 1.77. The van der Waals surface area contributed by atoms with Crippen LogP contribution >= 0.6 is 0 Å². The van der Waals surface area contributed by atoms with Gasteiger partial charge in [0, 0.05) is 0 Å². The van der Waals surface area contributed by atoms with Gasteiger partial charge in [0.05, 0.1) is 6.54 Å². The van der Waals surface area contributed by atoms with Crippen molar-refractivity contribution in [3.63, 3.8) is 0 Å². The van der Waals surface area contributed by atoms with E-state index in [0.29, 0.717) is 19.8 Å². The average Bonchev–Trinajstić information content (AvgIpc) is 2.35. The SMILES string of the molecule is CCc1cc2c(cc1CN=C=O)OCCO2. The molecule has 16 heavy (non-hydrogen) atoms. The lowest BCUT2D eigenvalue weighted by Crippen LogP contribution is -2.16. The molecule has 1 aromatic carbocycles. The number of hydrogen-bond donors (Lipinski definition) is 0. The first kappa shape index (κ1) is 10.7. The zero-order valence-corrected chi connectivity index (χ0v) is 9.16. The third-order valence-corrected chi connectivity index (χ3v) is 2.56. The summed E-state index contributed by atoms with van der Waals surface area (Å²) in [7, 11) is 0. The zero-order valence-electron chi connectivity index (χ0n) is 9.16. The molecule has 1 aliphatic rings. The van der Waals surface area contributed by atoms with Crippen LogP contribution in [0.4, 0.5) is 0 Å². The molecule has 1 aliphatic heterocycles. The molecule has 0 aliphatic carbocycles. The van der Waals surface area contributed by atoms with Crippen LogP contribution in [0.25, 0.3) is 0 Å². The highest BCUT2D eigenvalue weighted by Gasteiger charge is 2.14. The molecule has 0 saturated heterocycles. The summed E-state index contributed by atoms with van der Waals surface area (Å²) in [5.74, 6) is 1.52. The number of nitrogens with zero attached hydrogens (tertiary/aromatic N) is 1. The van der Waals surface area contributed by atoms with Gasteiger partial charge in [0.15, 0.2) is 11.5 Å². The van der Waals surface area contributed by atoms with Crippen molar-refractivity contribution in [2.24, 2.45) is 4.99 Å². The van der Waals surface area contributed by atoms with Gasteiger partial charge in [-0.3, -0.25) is 0 Å². The normalized spacial score (nSPS) is 13.1. The van der Waals surface area contributed by atoms with Crippen molar-refractivity contribution in [2.75, 3.05) is 13.2 Å². The van der Waals surface area contributed by atoms with Crippen LogP contribution in [0.1, 0.15) is 18.1 Å². The third kappa shape index (κ3) is 2.07. The molecule has 0 spiro atoms. The van der Waals surface area contributed by atoms with Crippen molar-refractivity contribution in [3.8, 4) is 11.5 Å². The standard InChI is InChI=1S/C12H13NO3/c1-2-9-5-11-12(16-4-3-15-11)6-10(9)7-13-8-14/h5-6H,2-4,7H2,1H3. The van der Waals surface area contributed by atoms with Crippen LogP contribution in [0.15, 0.2) is 17.1 Å². The number of aliphatic imine (C=N–C) groups is 1. The Hall–Kier alpha value is -1.80. The molecule has 0 saturated carbocycles. The van der Waals surface area contributed by atoms with Gasteiger partial charge in [-0.15, -0.1) is 0 Å². The zero-order chi connectivity index (χ0) is 11.4. The molecule has 0 amide bonds. The highest BCUT2D eigenvalue weighted by Crippen LogP contribution is 2.33. The Kier molecular flexibility index (Phi) is 3.22. The van der Waals surface area contributed by atoms with E-state index in [2.05, 4.69) is 11.9 Å². The quantitative estimate of drug-likeness (QED) is 0.575. The second kappa shape index (κ2) is 4.81. The second-order valence-electron chi connectivity index (χ2n) is 3.53. The maximum atomic E-state index is 10.1. The Morgan fingerprint density at radius 3 is 2.44 bits per heavy atom. The lowest BCUT2D eigenvalue weighted by atomic mass is 10.0. The highest BCUT2D eigenvalue weighted by molar-refractivity contribution is 5.48. The molecule has 4 heteroatoms. The lowest BCUT2D eigenvalue weighted by molar-refractivity contribution is 0.171. The van der Waals surface area contributed by atoms with E-state index in [1.165, 1.54) is 0 Å². The van der Waals surface area contributed by atoms with Crippen molar-refractivity contribution < 1.29 is 14.3 Å². The van der Waals surface area contributed by atoms with Crippen molar-refractivity contribution in [1.82, 2.24) is 0 Å². The van der Waals surface area contributed by atoms with Gasteiger partial charge in [-0.1, -0.05) is 6.92 Å². The summed E-state index contributed by atoms with van der Waals surface area (Å²) < 4.78 is 11.0. The maximum absolute atomic E-state index is 10.1. The van der Waals surface area contributed by atoms with Gasteiger partial charge in [0.25, 0.3) is 0 Å². The molecular formula is C12H13NO3. The molecule has 84 valence electrons. The van der Waals surface area contributed by atoms with Crippen molar-refractivity contribution in [1.29, 1.82) is 0 Å². The van der Waals surface area contributed by atoms with E-state index < -0.39 is 0 Å². The topological polar surface area (TPSA) is 47.9 Å². The van der Waals surface area contributed by atoms with Gasteiger partial charge < -0.3 is 9.47 Å². The Balaban J connectivity index is 2.38. The molecule has 0 fully saturated rings. The number of fused-ring (bicyclic) bond motifs is 1. The van der Waals surface area contributed by atoms with Crippen molar-refractivity contribution >= 4 is 6.08 Å². The minimum Gasteiger partial charge on any atom is -0.486 e. The monoisotopic (exact) mass is 219 g/mol. The van der Waals surface area contributed by atoms with Crippen LogP contribution in [0.5, 0.6) is 11.5 Å². The van der Waals surface area contributed by atoms with E-state index in [-0.39, 0.29) is 0 Å². The van der Waals surface area contributed by atoms with Crippen molar-refractivity contribution in [3.05, 3.63) is 23.3 Å². The Bertz CT molecular complexity index is 436. The van der Waals surface area contributed by atoms with Gasteiger partial charge >= 0.3 is 0 Å². The first-order valence-electron chi connectivity index (χ1n) is 5.30. The summed E-state index contributed by atoms with van der Waals surface area (Å²) in [5.41, 5.74) is 2.12. The van der Waals surface area contributed by atoms with Gasteiger partial charge in [-0.25, -0.2) is 9.79 Å². The molecule has 0 atom stereocenters. The number of isocyanates is 1. The Morgan fingerprint density at radius 1 is 1.25 bits per heavy atom. The van der Waals surface area contributed by atoms with Crippen LogP contribution in [0.2, 0.25) is 0 Å². The van der Waals surface area contributed by atoms with E-state index >= 15 is 0 Å². The second-order valence-corrected chi connectivity index (χ2v) is 3.53. The summed E-state index contributed by atoms with van der Waals surface area (Å²) in [5, 5.41) is 0. The Labute approximate surface area is 93.9 Å². The first-order chi connectivity index (χ1) is 7.85. The first-order valence-corrected chi connectivity index (χ1v) is 5.30. The van der Waals surface area contributed by atoms with E-state index in [0.717, 1.165) is 29.0 Å². The van der Waals surface area contributed by atoms with Crippen LogP contribution in [0, 0.1) is 0 Å². The van der Waals surface area contributed by atoms with Gasteiger partial charge in [-0.05, 0) is 29.7 Å². The summed E-state index contributed by atoms with van der Waals surface area (Å²) in [4.78, 5) is 13.7. The van der Waals surface area contributed by atoms with Crippen LogP contribution in [-0.4, -0.2) is 19.3 Å². The molecule has 2 rings (SSSR count). The number of carbonyl (C=O) groups excluding carboxylic acids is 1. The van der Waals surface area contributed by atoms with Crippen molar-refractivity contribution in [2.45, 2.75) is 19.9 Å². The number of aryl methyl sites for hydroxylation is 1. The summed E-state index contributed by atoms with van der Waals surface area (Å²) >= 11 is 0. The van der Waals surface area contributed by atoms with Crippen LogP contribution in [0.3, 0.4) is 0 Å². The highest BCUT2D eigenvalue weighted by atomic mass is 16.6. The molecule has 0 aromatic heterocycles. The molecule has 0 N–H and O–H groups in total. The van der Waals surface area contributed by atoms with E-state index in [1.54, 1.807) is 6.08 Å². The molecule has 1 aromatic rings. The predicted molar refractivity (Wildman–Crippen MR) is 58.6 cm³/mol. The molecular weight excluding hydrogens is 206 g/mol. The maximum Gasteiger partial charge on any atom is 0.235 e. The fourth-order valence-corrected chi connectivity index (χ4v) is 1.77. The molecule has 0 bridgehead atoms. The minimum atomic E-state index is 0.351. The molecule has 0 radical (unpaired) electrons. The number of benzene rings is 1. The molecule has 4 nitrogen and oxygen atoms in total. The smallest absolute Gasteiger partial charge is 0.235 e. The number of rotatable bonds is 3.